The molecule has 1 aliphatic heterocycles. The van der Waals surface area contributed by atoms with Gasteiger partial charge in [-0.3, -0.25) is 0 Å². The number of hydrogen-bond donors (Lipinski definition) is 1. The molecule has 1 aromatic carbocycles. The van der Waals surface area contributed by atoms with Gasteiger partial charge in [-0.15, -0.1) is 11.3 Å². The average molecular weight is 285 g/mol. The fraction of sp³-hybridized carbons (Fsp3) is 0.412. The van der Waals surface area contributed by atoms with Gasteiger partial charge in [-0.25, -0.2) is 0 Å². The van der Waals surface area contributed by atoms with Crippen molar-refractivity contribution in [3.63, 3.8) is 0 Å². The van der Waals surface area contributed by atoms with Gasteiger partial charge in [0.2, 0.25) is 0 Å². The Kier molecular flexibility index (Phi) is 2.86. The maximum Gasteiger partial charge on any atom is 0.123 e. The topological polar surface area (TPSA) is 35.2 Å². The number of aryl methyl sites for hydroxylation is 2. The summed E-state index contributed by atoms with van der Waals surface area (Å²) in [7, 11) is 0. The van der Waals surface area contributed by atoms with E-state index in [1.165, 1.54) is 40.8 Å². The van der Waals surface area contributed by atoms with Crippen molar-refractivity contribution in [2.45, 2.75) is 44.8 Å². The van der Waals surface area contributed by atoms with Crippen LogP contribution in [-0.2, 0) is 19.3 Å². The van der Waals surface area contributed by atoms with E-state index in [0.717, 1.165) is 12.2 Å². The zero-order valence-electron chi connectivity index (χ0n) is 11.7. The Morgan fingerprint density at radius 1 is 1.25 bits per heavy atom. The van der Waals surface area contributed by atoms with Crippen molar-refractivity contribution in [2.75, 3.05) is 0 Å². The summed E-state index contributed by atoms with van der Waals surface area (Å²) in [4.78, 5) is 2.86. The maximum absolute atomic E-state index is 6.48. The van der Waals surface area contributed by atoms with Gasteiger partial charge in [0.25, 0.3) is 0 Å². The first-order valence-electron chi connectivity index (χ1n) is 7.37. The van der Waals surface area contributed by atoms with Crippen molar-refractivity contribution in [1.29, 1.82) is 0 Å². The third-order valence-electron chi connectivity index (χ3n) is 4.35. The monoisotopic (exact) mass is 285 g/mol. The first-order chi connectivity index (χ1) is 9.70. The maximum atomic E-state index is 6.48. The molecule has 0 saturated carbocycles. The summed E-state index contributed by atoms with van der Waals surface area (Å²) in [5.74, 6) is 1.03. The molecule has 104 valence electrons. The standard InChI is InChI=1S/C17H19NOS/c1-10-7-13-8-12(5-6-14(13)19-10)17(18)16-9-11-3-2-4-15(11)20-16/h5-6,8-10,17H,2-4,7,18H2,1H3. The third kappa shape index (κ3) is 1.97. The van der Waals surface area contributed by atoms with Crippen molar-refractivity contribution in [2.24, 2.45) is 5.73 Å². The molecule has 0 fully saturated rings. The first-order valence-corrected chi connectivity index (χ1v) is 8.19. The van der Waals surface area contributed by atoms with Crippen molar-refractivity contribution < 1.29 is 4.74 Å². The summed E-state index contributed by atoms with van der Waals surface area (Å²) in [5, 5.41) is 0. The van der Waals surface area contributed by atoms with Gasteiger partial charge in [-0.05, 0) is 55.0 Å². The molecule has 2 N–H and O–H groups in total. The second kappa shape index (κ2) is 4.61. The molecule has 2 aromatic rings. The van der Waals surface area contributed by atoms with Gasteiger partial charge < -0.3 is 10.5 Å². The summed E-state index contributed by atoms with van der Waals surface area (Å²) in [5.41, 5.74) is 10.5. The van der Waals surface area contributed by atoms with Crippen LogP contribution in [0.25, 0.3) is 0 Å². The Bertz CT molecular complexity index is 640. The molecule has 0 spiro atoms. The van der Waals surface area contributed by atoms with Gasteiger partial charge in [-0.2, -0.15) is 0 Å². The van der Waals surface area contributed by atoms with Gasteiger partial charge in [0.15, 0.2) is 0 Å². The minimum absolute atomic E-state index is 0.00630. The van der Waals surface area contributed by atoms with Gasteiger partial charge in [0, 0.05) is 16.2 Å². The van der Waals surface area contributed by atoms with E-state index in [1.807, 2.05) is 11.3 Å². The Morgan fingerprint density at radius 3 is 3.00 bits per heavy atom. The SMILES string of the molecule is CC1Cc2cc(C(N)c3cc4c(s3)CCC4)ccc2O1. The zero-order valence-corrected chi connectivity index (χ0v) is 12.5. The minimum Gasteiger partial charge on any atom is -0.490 e. The van der Waals surface area contributed by atoms with E-state index in [9.17, 15) is 0 Å². The number of benzene rings is 1. The van der Waals surface area contributed by atoms with Crippen LogP contribution in [0.3, 0.4) is 0 Å². The lowest BCUT2D eigenvalue weighted by Gasteiger charge is -2.11. The molecule has 20 heavy (non-hydrogen) atoms. The summed E-state index contributed by atoms with van der Waals surface area (Å²) in [6.45, 7) is 2.11. The molecule has 1 aliphatic carbocycles. The van der Waals surface area contributed by atoms with Gasteiger partial charge in [-0.1, -0.05) is 12.1 Å². The highest BCUT2D eigenvalue weighted by atomic mass is 32.1. The van der Waals surface area contributed by atoms with Gasteiger partial charge in [0.1, 0.15) is 11.9 Å². The largest absolute Gasteiger partial charge is 0.490 e. The highest BCUT2D eigenvalue weighted by Crippen LogP contribution is 2.37. The van der Waals surface area contributed by atoms with Crippen LogP contribution in [0.4, 0.5) is 0 Å². The van der Waals surface area contributed by atoms with Crippen LogP contribution < -0.4 is 10.5 Å². The quantitative estimate of drug-likeness (QED) is 0.915. The molecule has 3 heteroatoms. The molecular formula is C17H19NOS. The van der Waals surface area contributed by atoms with Crippen molar-refractivity contribution >= 4 is 11.3 Å². The van der Waals surface area contributed by atoms with Crippen LogP contribution in [0.2, 0.25) is 0 Å². The number of ether oxygens (including phenoxy) is 1. The number of thiophene rings is 1. The van der Waals surface area contributed by atoms with Crippen LogP contribution in [0.1, 0.15) is 45.8 Å². The third-order valence-corrected chi connectivity index (χ3v) is 5.67. The predicted octanol–water partition coefficient (Wildman–Crippen LogP) is 3.61. The second-order valence-corrected chi connectivity index (χ2v) is 7.10. The van der Waals surface area contributed by atoms with Crippen LogP contribution in [0.15, 0.2) is 24.3 Å². The van der Waals surface area contributed by atoms with E-state index in [0.29, 0.717) is 6.10 Å². The van der Waals surface area contributed by atoms with E-state index in [2.05, 4.69) is 31.2 Å². The Balaban J connectivity index is 1.65. The molecule has 2 atom stereocenters. The van der Waals surface area contributed by atoms with E-state index >= 15 is 0 Å². The first kappa shape index (κ1) is 12.4. The van der Waals surface area contributed by atoms with Crippen molar-refractivity contribution in [1.82, 2.24) is 0 Å². The number of nitrogens with two attached hydrogens (primary N) is 1. The van der Waals surface area contributed by atoms with E-state index < -0.39 is 0 Å². The molecule has 1 aromatic heterocycles. The summed E-state index contributed by atoms with van der Waals surface area (Å²) < 4.78 is 5.76. The number of rotatable bonds is 2. The average Bonchev–Trinajstić information content (AvgIpc) is 3.08. The lowest BCUT2D eigenvalue weighted by atomic mass is 10.0. The molecule has 0 radical (unpaired) electrons. The molecule has 0 bridgehead atoms. The zero-order chi connectivity index (χ0) is 13.7. The van der Waals surface area contributed by atoms with Crippen LogP contribution in [0, 0.1) is 0 Å². The molecular weight excluding hydrogens is 266 g/mol. The molecule has 2 nitrogen and oxygen atoms in total. The minimum atomic E-state index is 0.00630. The molecule has 2 unspecified atom stereocenters. The lowest BCUT2D eigenvalue weighted by Crippen LogP contribution is -2.10. The van der Waals surface area contributed by atoms with Crippen molar-refractivity contribution in [3.05, 3.63) is 50.7 Å². The lowest BCUT2D eigenvalue weighted by molar-refractivity contribution is 0.254. The molecule has 0 amide bonds. The van der Waals surface area contributed by atoms with Crippen LogP contribution >= 0.6 is 11.3 Å². The molecule has 2 aliphatic rings. The van der Waals surface area contributed by atoms with Crippen molar-refractivity contribution in [3.8, 4) is 5.75 Å². The Labute approximate surface area is 123 Å². The second-order valence-electron chi connectivity index (χ2n) is 5.93. The van der Waals surface area contributed by atoms with Crippen LogP contribution in [0.5, 0.6) is 5.75 Å². The van der Waals surface area contributed by atoms with E-state index in [1.54, 1.807) is 4.88 Å². The fourth-order valence-electron chi connectivity index (χ4n) is 3.31. The predicted molar refractivity (Wildman–Crippen MR) is 82.6 cm³/mol. The Morgan fingerprint density at radius 2 is 2.15 bits per heavy atom. The Hall–Kier alpha value is -1.32. The fourth-order valence-corrected chi connectivity index (χ4v) is 4.59. The number of hydrogen-bond acceptors (Lipinski definition) is 3. The highest BCUT2D eigenvalue weighted by Gasteiger charge is 2.22. The van der Waals surface area contributed by atoms with E-state index in [4.69, 9.17) is 10.5 Å². The summed E-state index contributed by atoms with van der Waals surface area (Å²) >= 11 is 1.90. The van der Waals surface area contributed by atoms with Crippen LogP contribution in [-0.4, -0.2) is 6.10 Å². The smallest absolute Gasteiger partial charge is 0.123 e. The summed E-state index contributed by atoms with van der Waals surface area (Å²) in [6, 6.07) is 8.76. The highest BCUT2D eigenvalue weighted by molar-refractivity contribution is 7.12. The summed E-state index contributed by atoms with van der Waals surface area (Å²) in [6.07, 6.45) is 5.07. The normalized spacial score (nSPS) is 21.4. The van der Waals surface area contributed by atoms with E-state index in [-0.39, 0.29) is 6.04 Å². The molecule has 0 saturated heterocycles. The number of fused-ring (bicyclic) bond motifs is 2. The molecule has 2 heterocycles. The molecule has 4 rings (SSSR count). The van der Waals surface area contributed by atoms with Gasteiger partial charge >= 0.3 is 0 Å². The van der Waals surface area contributed by atoms with Gasteiger partial charge in [0.05, 0.1) is 6.04 Å².